The molecule has 0 saturated carbocycles. The zero-order valence-corrected chi connectivity index (χ0v) is 19.4. The molecule has 1 N–H and O–H groups in total. The molecule has 12 heteroatoms. The molecule has 0 aliphatic carbocycles. The zero-order valence-electron chi connectivity index (χ0n) is 19.4. The minimum absolute atomic E-state index is 0.0322. The first-order chi connectivity index (χ1) is 17.6. The van der Waals surface area contributed by atoms with Gasteiger partial charge < -0.3 is 19.7 Å². The van der Waals surface area contributed by atoms with E-state index in [2.05, 4.69) is 5.32 Å². The summed E-state index contributed by atoms with van der Waals surface area (Å²) in [7, 11) is 1.28. The molecule has 0 atom stereocenters. The van der Waals surface area contributed by atoms with Gasteiger partial charge in [-0.1, -0.05) is 0 Å². The number of benzene rings is 3. The molecule has 1 aliphatic heterocycles. The lowest BCUT2D eigenvalue weighted by atomic mass is 10.1. The first-order valence-electron chi connectivity index (χ1n) is 11.0. The Bertz CT molecular complexity index is 1360. The van der Waals surface area contributed by atoms with Crippen molar-refractivity contribution >= 4 is 28.9 Å². The Balaban J connectivity index is 1.51. The summed E-state index contributed by atoms with van der Waals surface area (Å²) in [5.74, 6) is -0.875. The first kappa shape index (κ1) is 25.5. The van der Waals surface area contributed by atoms with Crippen LogP contribution in [0.3, 0.4) is 0 Å². The van der Waals surface area contributed by atoms with Crippen molar-refractivity contribution in [1.82, 2.24) is 0 Å². The Morgan fingerprint density at radius 2 is 1.73 bits per heavy atom. The topological polar surface area (TPSA) is 111 Å². The monoisotopic (exact) mass is 515 g/mol. The highest BCUT2D eigenvalue weighted by Gasteiger charge is 2.33. The van der Waals surface area contributed by atoms with Crippen molar-refractivity contribution in [2.24, 2.45) is 0 Å². The van der Waals surface area contributed by atoms with Gasteiger partial charge in [-0.25, -0.2) is 0 Å². The molecule has 0 aromatic heterocycles. The van der Waals surface area contributed by atoms with Gasteiger partial charge in [0, 0.05) is 36.0 Å². The van der Waals surface area contributed by atoms with Gasteiger partial charge in [-0.05, 0) is 61.0 Å². The largest absolute Gasteiger partial charge is 0.493 e. The second-order valence-electron chi connectivity index (χ2n) is 8.06. The van der Waals surface area contributed by atoms with Crippen LogP contribution in [0, 0.1) is 10.1 Å². The molecule has 4 rings (SSSR count). The van der Waals surface area contributed by atoms with E-state index in [0.717, 1.165) is 18.2 Å². The molecule has 3 aromatic carbocycles. The van der Waals surface area contributed by atoms with E-state index in [1.54, 1.807) is 29.2 Å². The van der Waals surface area contributed by atoms with Crippen molar-refractivity contribution in [1.29, 1.82) is 0 Å². The molecule has 2 amide bonds. The van der Waals surface area contributed by atoms with E-state index >= 15 is 0 Å². The Morgan fingerprint density at radius 1 is 1.03 bits per heavy atom. The second kappa shape index (κ2) is 10.2. The maximum atomic E-state index is 13.0. The smallest absolute Gasteiger partial charge is 0.416 e. The van der Waals surface area contributed by atoms with Crippen LogP contribution in [-0.2, 0) is 11.0 Å². The minimum Gasteiger partial charge on any atom is -0.493 e. The Morgan fingerprint density at radius 3 is 2.32 bits per heavy atom. The maximum absolute atomic E-state index is 13.0. The van der Waals surface area contributed by atoms with Gasteiger partial charge in [0.2, 0.25) is 11.7 Å². The number of halogens is 3. The molecular weight excluding hydrogens is 495 g/mol. The summed E-state index contributed by atoms with van der Waals surface area (Å²) >= 11 is 0. The number of nitrogens with one attached hydrogen (secondary N) is 1. The molecule has 3 aromatic rings. The highest BCUT2D eigenvalue weighted by Crippen LogP contribution is 2.40. The molecule has 9 nitrogen and oxygen atoms in total. The lowest BCUT2D eigenvalue weighted by Crippen LogP contribution is -2.23. The number of nitrogens with zero attached hydrogens (tertiary/aromatic N) is 2. The van der Waals surface area contributed by atoms with Gasteiger partial charge in [0.05, 0.1) is 17.6 Å². The molecule has 1 aliphatic rings. The molecular formula is C25H20F3N3O6. The first-order valence-corrected chi connectivity index (χ1v) is 11.0. The number of nitro groups is 1. The predicted molar refractivity (Wildman–Crippen MR) is 127 cm³/mol. The van der Waals surface area contributed by atoms with Gasteiger partial charge in [0.15, 0.2) is 11.5 Å². The standard InChI is InChI=1S/C25H20F3N3O6/c1-36-22-13-15(24(33)29-17-6-8-18(9-7-17)30-12-2-3-23(30)32)4-10-21(22)37-20-11-5-16(25(26,27)28)14-19(20)31(34)35/h4-11,13-14H,2-3,12H2,1H3,(H,29,33). The van der Waals surface area contributed by atoms with E-state index < -0.39 is 34.0 Å². The van der Waals surface area contributed by atoms with Crippen molar-refractivity contribution < 1.29 is 37.2 Å². The van der Waals surface area contributed by atoms with Crippen LogP contribution in [0.15, 0.2) is 60.7 Å². The number of nitro benzene ring substituents is 1. The van der Waals surface area contributed by atoms with Crippen LogP contribution in [-0.4, -0.2) is 30.4 Å². The molecule has 0 spiro atoms. The van der Waals surface area contributed by atoms with Gasteiger partial charge >= 0.3 is 11.9 Å². The molecule has 1 saturated heterocycles. The molecule has 37 heavy (non-hydrogen) atoms. The minimum atomic E-state index is -4.76. The van der Waals surface area contributed by atoms with Crippen LogP contribution in [0.1, 0.15) is 28.8 Å². The van der Waals surface area contributed by atoms with Crippen LogP contribution in [0.5, 0.6) is 17.2 Å². The highest BCUT2D eigenvalue weighted by molar-refractivity contribution is 6.05. The third-order valence-corrected chi connectivity index (χ3v) is 5.64. The number of carbonyl (C=O) groups is 2. The summed E-state index contributed by atoms with van der Waals surface area (Å²) in [4.78, 5) is 36.7. The summed E-state index contributed by atoms with van der Waals surface area (Å²) in [5, 5.41) is 14.0. The van der Waals surface area contributed by atoms with Crippen LogP contribution >= 0.6 is 0 Å². The molecule has 1 heterocycles. The van der Waals surface area contributed by atoms with E-state index in [-0.39, 0.29) is 23.0 Å². The Hall–Kier alpha value is -4.61. The van der Waals surface area contributed by atoms with Crippen LogP contribution in [0.2, 0.25) is 0 Å². The van der Waals surface area contributed by atoms with Crippen LogP contribution in [0.4, 0.5) is 30.2 Å². The molecule has 0 unspecified atom stereocenters. The number of anilines is 2. The molecule has 0 radical (unpaired) electrons. The van der Waals surface area contributed by atoms with E-state index in [1.165, 1.54) is 25.3 Å². The summed E-state index contributed by atoms with van der Waals surface area (Å²) < 4.78 is 49.6. The fourth-order valence-electron chi connectivity index (χ4n) is 3.78. The van der Waals surface area contributed by atoms with Crippen LogP contribution < -0.4 is 19.7 Å². The number of hydrogen-bond donors (Lipinski definition) is 1. The third-order valence-electron chi connectivity index (χ3n) is 5.64. The van der Waals surface area contributed by atoms with E-state index in [1.807, 2.05) is 0 Å². The number of hydrogen-bond acceptors (Lipinski definition) is 6. The van der Waals surface area contributed by atoms with Gasteiger partial charge in [0.1, 0.15) is 0 Å². The predicted octanol–water partition coefficient (Wildman–Crippen LogP) is 5.79. The SMILES string of the molecule is COc1cc(C(=O)Nc2ccc(N3CCCC3=O)cc2)ccc1Oc1ccc(C(F)(F)F)cc1[N+](=O)[O-]. The average Bonchev–Trinajstić information content (AvgIpc) is 3.29. The fourth-order valence-corrected chi connectivity index (χ4v) is 3.78. The van der Waals surface area contributed by atoms with Gasteiger partial charge in [-0.2, -0.15) is 13.2 Å². The lowest BCUT2D eigenvalue weighted by molar-refractivity contribution is -0.385. The normalized spacial score (nSPS) is 13.4. The fraction of sp³-hybridized carbons (Fsp3) is 0.200. The van der Waals surface area contributed by atoms with Crippen molar-refractivity contribution in [3.05, 3.63) is 81.9 Å². The second-order valence-corrected chi connectivity index (χ2v) is 8.06. The number of ether oxygens (including phenoxy) is 2. The van der Waals surface area contributed by atoms with Gasteiger partial charge in [-0.3, -0.25) is 19.7 Å². The van der Waals surface area contributed by atoms with Crippen molar-refractivity contribution in [3.8, 4) is 17.2 Å². The van der Waals surface area contributed by atoms with Gasteiger partial charge in [0.25, 0.3) is 5.91 Å². The number of rotatable bonds is 7. The van der Waals surface area contributed by atoms with Crippen molar-refractivity contribution in [2.75, 3.05) is 23.9 Å². The highest BCUT2D eigenvalue weighted by atomic mass is 19.4. The Labute approximate surface area is 208 Å². The molecule has 0 bridgehead atoms. The Kier molecular flexibility index (Phi) is 7.00. The summed E-state index contributed by atoms with van der Waals surface area (Å²) in [5.41, 5.74) is -0.672. The number of methoxy groups -OCH3 is 1. The lowest BCUT2D eigenvalue weighted by Gasteiger charge is -2.16. The number of alkyl halides is 3. The maximum Gasteiger partial charge on any atom is 0.416 e. The zero-order chi connectivity index (χ0) is 26.7. The summed E-state index contributed by atoms with van der Waals surface area (Å²) in [6.07, 6.45) is -3.46. The van der Waals surface area contributed by atoms with Crippen LogP contribution in [0.25, 0.3) is 0 Å². The van der Waals surface area contributed by atoms with Gasteiger partial charge in [-0.15, -0.1) is 0 Å². The van der Waals surface area contributed by atoms with E-state index in [4.69, 9.17) is 9.47 Å². The number of carbonyl (C=O) groups excluding carboxylic acids is 2. The molecule has 1 fully saturated rings. The molecule has 192 valence electrons. The number of amides is 2. The van der Waals surface area contributed by atoms with Crippen molar-refractivity contribution in [3.63, 3.8) is 0 Å². The third kappa shape index (κ3) is 5.63. The van der Waals surface area contributed by atoms with E-state index in [9.17, 15) is 32.9 Å². The van der Waals surface area contributed by atoms with Crippen molar-refractivity contribution in [2.45, 2.75) is 19.0 Å². The quantitative estimate of drug-likeness (QED) is 0.315. The summed E-state index contributed by atoms with van der Waals surface area (Å²) in [6, 6.07) is 12.7. The average molecular weight is 515 g/mol. The van der Waals surface area contributed by atoms with E-state index in [0.29, 0.717) is 30.8 Å². The summed E-state index contributed by atoms with van der Waals surface area (Å²) in [6.45, 7) is 0.647.